The molecule has 52 valence electrons. The van der Waals surface area contributed by atoms with Crippen LogP contribution in [0.4, 0.5) is 10.8 Å². The molecule has 0 saturated carbocycles. The molecule has 0 unspecified atom stereocenters. The first kappa shape index (κ1) is 5.55. The lowest BCUT2D eigenvalue weighted by molar-refractivity contribution is 1.18. The van der Waals surface area contributed by atoms with Crippen molar-refractivity contribution in [3.8, 4) is 0 Å². The molecule has 0 atom stereocenters. The van der Waals surface area contributed by atoms with E-state index in [0.29, 0.717) is 5.82 Å². The Morgan fingerprint density at radius 2 is 2.30 bits per heavy atom. The minimum Gasteiger partial charge on any atom is -0.389 e. The summed E-state index contributed by atoms with van der Waals surface area (Å²) in [5, 5.41) is 0.754. The topological polar surface area (TPSA) is 69.3 Å². The molecule has 2 rings (SSSR count). The SMILES string of the molecule is Nc1cn2cnc(N)c2s1. The number of hydrogen-bond donors (Lipinski definition) is 2. The molecule has 4 nitrogen and oxygen atoms in total. The maximum Gasteiger partial charge on any atom is 0.160 e. The van der Waals surface area contributed by atoms with E-state index in [4.69, 9.17) is 11.5 Å². The normalized spacial score (nSPS) is 10.8. The molecule has 5 heteroatoms. The Bertz CT molecular complexity index is 360. The van der Waals surface area contributed by atoms with Crippen molar-refractivity contribution in [3.63, 3.8) is 0 Å². The summed E-state index contributed by atoms with van der Waals surface area (Å²) in [6, 6.07) is 0. The minimum atomic E-state index is 0.543. The third kappa shape index (κ3) is 0.577. The van der Waals surface area contributed by atoms with Crippen molar-refractivity contribution >= 4 is 27.0 Å². The van der Waals surface area contributed by atoms with Crippen molar-refractivity contribution in [1.82, 2.24) is 9.38 Å². The van der Waals surface area contributed by atoms with E-state index in [1.807, 2.05) is 4.40 Å². The van der Waals surface area contributed by atoms with Gasteiger partial charge in [0.2, 0.25) is 0 Å². The molecule has 0 amide bonds. The Morgan fingerprint density at radius 3 is 3.00 bits per heavy atom. The molecule has 0 aromatic carbocycles. The number of nitrogens with zero attached hydrogens (tertiary/aromatic N) is 2. The molecule has 0 bridgehead atoms. The molecule has 0 aliphatic rings. The first-order valence-corrected chi connectivity index (χ1v) is 3.56. The molecule has 2 heterocycles. The molecular weight excluding hydrogens is 148 g/mol. The van der Waals surface area contributed by atoms with E-state index in [0.717, 1.165) is 9.83 Å². The Balaban J connectivity index is 2.90. The smallest absolute Gasteiger partial charge is 0.160 e. The summed E-state index contributed by atoms with van der Waals surface area (Å²) in [4.78, 5) is 4.81. The Hall–Kier alpha value is -1.23. The molecule has 0 spiro atoms. The average Bonchev–Trinajstić information content (AvgIpc) is 2.35. The van der Waals surface area contributed by atoms with Gasteiger partial charge in [-0.15, -0.1) is 0 Å². The van der Waals surface area contributed by atoms with Gasteiger partial charge in [-0.2, -0.15) is 0 Å². The van der Waals surface area contributed by atoms with E-state index in [1.165, 1.54) is 11.3 Å². The van der Waals surface area contributed by atoms with E-state index < -0.39 is 0 Å². The van der Waals surface area contributed by atoms with Crippen LogP contribution in [0.5, 0.6) is 0 Å². The van der Waals surface area contributed by atoms with Gasteiger partial charge in [0.05, 0.1) is 0 Å². The van der Waals surface area contributed by atoms with Crippen LogP contribution >= 0.6 is 11.3 Å². The molecule has 10 heavy (non-hydrogen) atoms. The molecule has 2 aromatic heterocycles. The van der Waals surface area contributed by atoms with Crippen LogP contribution in [0.15, 0.2) is 12.5 Å². The average molecular weight is 154 g/mol. The van der Waals surface area contributed by atoms with Crippen LogP contribution in [0, 0.1) is 0 Å². The van der Waals surface area contributed by atoms with Crippen molar-refractivity contribution in [3.05, 3.63) is 12.5 Å². The lowest BCUT2D eigenvalue weighted by atomic mass is 10.8. The molecule has 0 aliphatic heterocycles. The van der Waals surface area contributed by atoms with Gasteiger partial charge in [0.25, 0.3) is 0 Å². The number of imidazole rings is 1. The van der Waals surface area contributed by atoms with Gasteiger partial charge in [0.1, 0.15) is 16.2 Å². The van der Waals surface area contributed by atoms with Crippen LogP contribution in [-0.2, 0) is 0 Å². The van der Waals surface area contributed by atoms with Crippen molar-refractivity contribution in [2.75, 3.05) is 11.5 Å². The van der Waals surface area contributed by atoms with Gasteiger partial charge in [-0.25, -0.2) is 4.98 Å². The van der Waals surface area contributed by atoms with E-state index in [-0.39, 0.29) is 0 Å². The van der Waals surface area contributed by atoms with E-state index in [9.17, 15) is 0 Å². The molecule has 0 radical (unpaired) electrons. The number of anilines is 2. The van der Waals surface area contributed by atoms with Crippen molar-refractivity contribution in [2.24, 2.45) is 0 Å². The monoisotopic (exact) mass is 154 g/mol. The highest BCUT2D eigenvalue weighted by Gasteiger charge is 2.02. The third-order valence-corrected chi connectivity index (χ3v) is 2.21. The van der Waals surface area contributed by atoms with Crippen LogP contribution in [0.25, 0.3) is 4.83 Å². The fraction of sp³-hybridized carbons (Fsp3) is 0. The van der Waals surface area contributed by atoms with Crippen LogP contribution < -0.4 is 11.5 Å². The van der Waals surface area contributed by atoms with Gasteiger partial charge in [-0.05, 0) is 0 Å². The van der Waals surface area contributed by atoms with E-state index in [2.05, 4.69) is 4.98 Å². The number of hydrogen-bond acceptors (Lipinski definition) is 4. The van der Waals surface area contributed by atoms with Gasteiger partial charge in [-0.1, -0.05) is 11.3 Å². The van der Waals surface area contributed by atoms with Gasteiger partial charge in [-0.3, -0.25) is 4.40 Å². The molecular formula is C5H6N4S. The lowest BCUT2D eigenvalue weighted by Crippen LogP contribution is -1.81. The Morgan fingerprint density at radius 1 is 1.50 bits per heavy atom. The van der Waals surface area contributed by atoms with Gasteiger partial charge in [0, 0.05) is 6.20 Å². The molecule has 0 fully saturated rings. The maximum absolute atomic E-state index is 5.52. The van der Waals surface area contributed by atoms with Gasteiger partial charge < -0.3 is 11.5 Å². The highest BCUT2D eigenvalue weighted by molar-refractivity contribution is 7.21. The number of fused-ring (bicyclic) bond motifs is 1. The molecule has 4 N–H and O–H groups in total. The standard InChI is InChI=1S/C5H6N4S/c6-3-1-9-2-8-4(7)5(9)10-3/h1-2H,6-7H2. The molecule has 0 saturated heterocycles. The molecule has 2 aromatic rings. The predicted octanol–water partition coefficient (Wildman–Crippen LogP) is 0.560. The Labute approximate surface area is 61.1 Å². The maximum atomic E-state index is 5.52. The summed E-state index contributed by atoms with van der Waals surface area (Å²) >= 11 is 1.44. The number of rotatable bonds is 0. The largest absolute Gasteiger partial charge is 0.389 e. The summed E-state index contributed by atoms with van der Waals surface area (Å²) in [6.07, 6.45) is 3.45. The van der Waals surface area contributed by atoms with E-state index >= 15 is 0 Å². The highest BCUT2D eigenvalue weighted by Crippen LogP contribution is 2.23. The first-order chi connectivity index (χ1) is 4.77. The third-order valence-electron chi connectivity index (χ3n) is 1.26. The first-order valence-electron chi connectivity index (χ1n) is 2.75. The second-order valence-corrected chi connectivity index (χ2v) is 3.04. The van der Waals surface area contributed by atoms with Crippen LogP contribution in [0.3, 0.4) is 0 Å². The van der Waals surface area contributed by atoms with Gasteiger partial charge >= 0.3 is 0 Å². The second kappa shape index (κ2) is 1.63. The summed E-state index contributed by atoms with van der Waals surface area (Å²) in [5.41, 5.74) is 11.0. The van der Waals surface area contributed by atoms with E-state index in [1.54, 1.807) is 12.5 Å². The van der Waals surface area contributed by atoms with Gasteiger partial charge in [0.15, 0.2) is 5.82 Å². The van der Waals surface area contributed by atoms with Crippen LogP contribution in [0.1, 0.15) is 0 Å². The van der Waals surface area contributed by atoms with Crippen molar-refractivity contribution in [1.29, 1.82) is 0 Å². The van der Waals surface area contributed by atoms with Crippen LogP contribution in [0.2, 0.25) is 0 Å². The minimum absolute atomic E-state index is 0.543. The summed E-state index contributed by atoms with van der Waals surface area (Å²) in [7, 11) is 0. The van der Waals surface area contributed by atoms with Crippen molar-refractivity contribution in [2.45, 2.75) is 0 Å². The predicted molar refractivity (Wildman–Crippen MR) is 41.9 cm³/mol. The number of nitrogen functional groups attached to an aromatic ring is 2. The summed E-state index contributed by atoms with van der Waals surface area (Å²) in [5.74, 6) is 0.543. The number of nitrogens with two attached hydrogens (primary N) is 2. The zero-order chi connectivity index (χ0) is 7.14. The van der Waals surface area contributed by atoms with Crippen LogP contribution in [-0.4, -0.2) is 9.38 Å². The van der Waals surface area contributed by atoms with Crippen molar-refractivity contribution < 1.29 is 0 Å². The summed E-state index contributed by atoms with van der Waals surface area (Å²) < 4.78 is 1.81. The molecule has 0 aliphatic carbocycles. The Kier molecular flexibility index (Phi) is 0.906. The zero-order valence-corrected chi connectivity index (χ0v) is 5.93. The zero-order valence-electron chi connectivity index (χ0n) is 5.11. The second-order valence-electron chi connectivity index (χ2n) is 1.98. The highest BCUT2D eigenvalue weighted by atomic mass is 32.1. The quantitative estimate of drug-likeness (QED) is 0.582. The number of thiazole rings is 1. The fourth-order valence-electron chi connectivity index (χ4n) is 0.836. The lowest BCUT2D eigenvalue weighted by Gasteiger charge is -1.77. The summed E-state index contributed by atoms with van der Waals surface area (Å²) in [6.45, 7) is 0. The fourth-order valence-corrected chi connectivity index (χ4v) is 1.59. The number of aromatic nitrogens is 2.